The third-order valence-electron chi connectivity index (χ3n) is 4.60. The molecule has 0 heterocycles. The molecule has 0 aliphatic heterocycles. The van der Waals surface area contributed by atoms with Crippen LogP contribution in [0.3, 0.4) is 0 Å². The first kappa shape index (κ1) is 21.8. The number of sulfonamides is 1. The standard InChI is InChI=1S/C17H24N4O6S/c1-13(22)20-17(8-3-2-4-9-17)16(23)18-10-11-19-28(26,27)15-7-5-6-14(12-15)21(24)25/h5-7,12,19H,2-4,8-11H2,1H3,(H,18,23)(H,20,22). The van der Waals surface area contributed by atoms with Crippen molar-refractivity contribution in [1.82, 2.24) is 15.4 Å². The predicted molar refractivity (Wildman–Crippen MR) is 101 cm³/mol. The lowest BCUT2D eigenvalue weighted by atomic mass is 9.80. The Balaban J connectivity index is 1.93. The summed E-state index contributed by atoms with van der Waals surface area (Å²) in [5.74, 6) is -0.625. The largest absolute Gasteiger partial charge is 0.353 e. The molecule has 0 saturated heterocycles. The average molecular weight is 412 g/mol. The van der Waals surface area contributed by atoms with Crippen molar-refractivity contribution in [3.05, 3.63) is 34.4 Å². The maximum atomic E-state index is 12.6. The van der Waals surface area contributed by atoms with Gasteiger partial charge in [0.05, 0.1) is 9.82 Å². The van der Waals surface area contributed by atoms with E-state index < -0.39 is 20.5 Å². The van der Waals surface area contributed by atoms with E-state index in [1.54, 1.807) is 0 Å². The highest BCUT2D eigenvalue weighted by molar-refractivity contribution is 7.89. The molecule has 2 rings (SSSR count). The smallest absolute Gasteiger partial charge is 0.270 e. The predicted octanol–water partition coefficient (Wildman–Crippen LogP) is 0.828. The van der Waals surface area contributed by atoms with Crippen LogP contribution < -0.4 is 15.4 Å². The van der Waals surface area contributed by atoms with Crippen LogP contribution in [0, 0.1) is 10.1 Å². The van der Waals surface area contributed by atoms with E-state index in [1.165, 1.54) is 25.1 Å². The molecule has 11 heteroatoms. The minimum Gasteiger partial charge on any atom is -0.353 e. The van der Waals surface area contributed by atoms with Crippen molar-refractivity contribution >= 4 is 27.5 Å². The molecule has 1 aromatic carbocycles. The van der Waals surface area contributed by atoms with Crippen molar-refractivity contribution in [3.63, 3.8) is 0 Å². The van der Waals surface area contributed by atoms with Crippen LogP contribution in [0.1, 0.15) is 39.0 Å². The summed E-state index contributed by atoms with van der Waals surface area (Å²) >= 11 is 0. The molecule has 3 N–H and O–H groups in total. The Morgan fingerprint density at radius 1 is 1.18 bits per heavy atom. The molecule has 0 spiro atoms. The third-order valence-corrected chi connectivity index (χ3v) is 6.06. The minimum absolute atomic E-state index is 0.0221. The van der Waals surface area contributed by atoms with Gasteiger partial charge in [0, 0.05) is 32.1 Å². The normalized spacial score (nSPS) is 16.2. The van der Waals surface area contributed by atoms with Crippen molar-refractivity contribution < 1.29 is 22.9 Å². The number of carbonyl (C=O) groups is 2. The van der Waals surface area contributed by atoms with Crippen molar-refractivity contribution in [1.29, 1.82) is 0 Å². The first-order chi connectivity index (χ1) is 13.2. The number of amides is 2. The molecule has 1 saturated carbocycles. The SMILES string of the molecule is CC(=O)NC1(C(=O)NCCNS(=O)(=O)c2cccc([N+](=O)[O-])c2)CCCCC1. The van der Waals surface area contributed by atoms with Gasteiger partial charge in [-0.25, -0.2) is 13.1 Å². The maximum absolute atomic E-state index is 12.6. The zero-order chi connectivity index (χ0) is 20.8. The van der Waals surface area contributed by atoms with E-state index in [4.69, 9.17) is 0 Å². The highest BCUT2D eigenvalue weighted by Crippen LogP contribution is 2.28. The van der Waals surface area contributed by atoms with Crippen LogP contribution in [-0.2, 0) is 19.6 Å². The summed E-state index contributed by atoms with van der Waals surface area (Å²) < 4.78 is 26.8. The Hall–Kier alpha value is -2.53. The summed E-state index contributed by atoms with van der Waals surface area (Å²) in [6, 6.07) is 4.70. The average Bonchev–Trinajstić information content (AvgIpc) is 2.65. The molecule has 0 aromatic heterocycles. The molecule has 0 atom stereocenters. The second-order valence-electron chi connectivity index (χ2n) is 6.73. The van der Waals surface area contributed by atoms with Gasteiger partial charge in [0.25, 0.3) is 5.69 Å². The molecule has 1 aliphatic carbocycles. The van der Waals surface area contributed by atoms with Gasteiger partial charge in [-0.15, -0.1) is 0 Å². The quantitative estimate of drug-likeness (QED) is 0.327. The molecule has 0 radical (unpaired) electrons. The Bertz CT molecular complexity index is 849. The van der Waals surface area contributed by atoms with E-state index in [-0.39, 0.29) is 35.5 Å². The van der Waals surface area contributed by atoms with Crippen LogP contribution in [0.5, 0.6) is 0 Å². The van der Waals surface area contributed by atoms with Gasteiger partial charge < -0.3 is 10.6 Å². The second kappa shape index (κ2) is 9.11. The molecular weight excluding hydrogens is 388 g/mol. The Morgan fingerprint density at radius 3 is 2.46 bits per heavy atom. The van der Waals surface area contributed by atoms with Crippen molar-refractivity contribution in [2.75, 3.05) is 13.1 Å². The number of non-ortho nitro benzene ring substituents is 1. The molecule has 2 amide bonds. The zero-order valence-electron chi connectivity index (χ0n) is 15.6. The van der Waals surface area contributed by atoms with Gasteiger partial charge >= 0.3 is 0 Å². The maximum Gasteiger partial charge on any atom is 0.270 e. The molecule has 154 valence electrons. The molecule has 1 fully saturated rings. The van der Waals surface area contributed by atoms with Crippen molar-refractivity contribution in [2.45, 2.75) is 49.5 Å². The second-order valence-corrected chi connectivity index (χ2v) is 8.50. The number of nitrogens with one attached hydrogen (secondary N) is 3. The van der Waals surface area contributed by atoms with Gasteiger partial charge in [0.15, 0.2) is 0 Å². The first-order valence-corrected chi connectivity index (χ1v) is 10.5. The van der Waals surface area contributed by atoms with E-state index in [0.717, 1.165) is 25.3 Å². The number of carbonyl (C=O) groups excluding carboxylic acids is 2. The lowest BCUT2D eigenvalue weighted by molar-refractivity contribution is -0.385. The van der Waals surface area contributed by atoms with E-state index >= 15 is 0 Å². The highest BCUT2D eigenvalue weighted by Gasteiger charge is 2.39. The van der Waals surface area contributed by atoms with Gasteiger partial charge in [-0.2, -0.15) is 0 Å². The topological polar surface area (TPSA) is 148 Å². The summed E-state index contributed by atoms with van der Waals surface area (Å²) in [6.45, 7) is 1.29. The van der Waals surface area contributed by atoms with Gasteiger partial charge in [-0.3, -0.25) is 19.7 Å². The fourth-order valence-corrected chi connectivity index (χ4v) is 4.35. The molecular formula is C17H24N4O6S. The fraction of sp³-hybridized carbons (Fsp3) is 0.529. The number of nitro benzene ring substituents is 1. The van der Waals surface area contributed by atoms with E-state index in [9.17, 15) is 28.1 Å². The molecule has 28 heavy (non-hydrogen) atoms. The fourth-order valence-electron chi connectivity index (χ4n) is 3.28. The van der Waals surface area contributed by atoms with Crippen LogP contribution in [-0.4, -0.2) is 43.8 Å². The lowest BCUT2D eigenvalue weighted by Crippen LogP contribution is -2.59. The summed E-state index contributed by atoms with van der Waals surface area (Å²) in [5, 5.41) is 16.2. The molecule has 0 bridgehead atoms. The van der Waals surface area contributed by atoms with Gasteiger partial charge in [-0.1, -0.05) is 25.3 Å². The van der Waals surface area contributed by atoms with Crippen LogP contribution in [0.4, 0.5) is 5.69 Å². The van der Waals surface area contributed by atoms with Crippen LogP contribution in [0.2, 0.25) is 0 Å². The summed E-state index contributed by atoms with van der Waals surface area (Å²) in [6.07, 6.45) is 3.73. The summed E-state index contributed by atoms with van der Waals surface area (Å²) in [7, 11) is -3.95. The van der Waals surface area contributed by atoms with E-state index in [1.807, 2.05) is 0 Å². The molecule has 0 unspecified atom stereocenters. The summed E-state index contributed by atoms with van der Waals surface area (Å²) in [4.78, 5) is 34.0. The zero-order valence-corrected chi connectivity index (χ0v) is 16.4. The number of rotatable bonds is 8. The van der Waals surface area contributed by atoms with Gasteiger partial charge in [-0.05, 0) is 18.9 Å². The third kappa shape index (κ3) is 5.49. The van der Waals surface area contributed by atoms with Gasteiger partial charge in [0.2, 0.25) is 21.8 Å². The van der Waals surface area contributed by atoms with Crippen LogP contribution in [0.15, 0.2) is 29.2 Å². The lowest BCUT2D eigenvalue weighted by Gasteiger charge is -2.36. The number of nitrogens with zero attached hydrogens (tertiary/aromatic N) is 1. The number of hydrogen-bond donors (Lipinski definition) is 3. The Kier molecular flexibility index (Phi) is 7.08. The minimum atomic E-state index is -3.95. The van der Waals surface area contributed by atoms with Crippen LogP contribution >= 0.6 is 0 Å². The summed E-state index contributed by atoms with van der Waals surface area (Å²) in [5.41, 5.74) is -1.28. The van der Waals surface area contributed by atoms with Crippen molar-refractivity contribution in [3.8, 4) is 0 Å². The molecule has 1 aliphatic rings. The van der Waals surface area contributed by atoms with E-state index in [0.29, 0.717) is 12.8 Å². The van der Waals surface area contributed by atoms with E-state index in [2.05, 4.69) is 15.4 Å². The Labute approximate surface area is 163 Å². The molecule has 1 aromatic rings. The monoisotopic (exact) mass is 412 g/mol. The van der Waals surface area contributed by atoms with Gasteiger partial charge in [0.1, 0.15) is 5.54 Å². The van der Waals surface area contributed by atoms with Crippen LogP contribution in [0.25, 0.3) is 0 Å². The molecule has 10 nitrogen and oxygen atoms in total. The van der Waals surface area contributed by atoms with Crippen molar-refractivity contribution in [2.24, 2.45) is 0 Å². The number of benzene rings is 1. The first-order valence-electron chi connectivity index (χ1n) is 8.97. The Morgan fingerprint density at radius 2 is 1.86 bits per heavy atom. The number of nitro groups is 1. The highest BCUT2D eigenvalue weighted by atomic mass is 32.2. The number of hydrogen-bond acceptors (Lipinski definition) is 6.